The van der Waals surface area contributed by atoms with E-state index < -0.39 is 42.0 Å². The van der Waals surface area contributed by atoms with E-state index in [1.54, 1.807) is 32.1 Å². The molecular weight excluding hydrogens is 606 g/mol. The van der Waals surface area contributed by atoms with Crippen LogP contribution in [0.25, 0.3) is 10.9 Å². The Bertz CT molecular complexity index is 1610. The molecule has 3 N–H and O–H groups in total. The van der Waals surface area contributed by atoms with Crippen LogP contribution in [-0.4, -0.2) is 68.8 Å². The fourth-order valence-corrected chi connectivity index (χ4v) is 5.89. The highest BCUT2D eigenvalue weighted by Gasteiger charge is 2.48. The number of rotatable bonds is 9. The lowest BCUT2D eigenvalue weighted by Crippen LogP contribution is -2.59. The minimum absolute atomic E-state index is 0.00115. The van der Waals surface area contributed by atoms with Crippen molar-refractivity contribution in [1.29, 1.82) is 0 Å². The molecule has 2 aliphatic heterocycles. The molecule has 3 aliphatic rings. The lowest BCUT2D eigenvalue weighted by molar-refractivity contribution is -0.140. The van der Waals surface area contributed by atoms with Gasteiger partial charge in [0, 0.05) is 41.7 Å². The highest BCUT2D eigenvalue weighted by atomic mass is 35.5. The number of alkyl halides is 4. The summed E-state index contributed by atoms with van der Waals surface area (Å²) in [6.07, 6.45) is 5.17. The number of hydrogen-bond donors (Lipinski definition) is 3. The van der Waals surface area contributed by atoms with Crippen LogP contribution in [0.15, 0.2) is 70.7 Å². The van der Waals surface area contributed by atoms with E-state index in [2.05, 4.69) is 21.4 Å². The molecular formula is C29H32ClF4N7O3. The van der Waals surface area contributed by atoms with Crippen LogP contribution in [0.3, 0.4) is 0 Å². The van der Waals surface area contributed by atoms with E-state index in [9.17, 15) is 27.2 Å². The Labute approximate surface area is 255 Å². The first kappa shape index (κ1) is 31.5. The molecule has 3 heterocycles. The number of fused-ring (bicyclic) bond motifs is 1. The fraction of sp³-hybridized carbons (Fsp3) is 0.414. The summed E-state index contributed by atoms with van der Waals surface area (Å²) < 4.78 is 59.5. The zero-order valence-electron chi connectivity index (χ0n) is 24.4. The van der Waals surface area contributed by atoms with Crippen LogP contribution in [-0.2, 0) is 14.3 Å². The summed E-state index contributed by atoms with van der Waals surface area (Å²) in [6, 6.07) is 3.70. The molecule has 0 radical (unpaired) electrons. The van der Waals surface area contributed by atoms with Crippen molar-refractivity contribution in [1.82, 2.24) is 30.6 Å². The second-order valence-corrected chi connectivity index (χ2v) is 11.6. The van der Waals surface area contributed by atoms with Gasteiger partial charge in [0.1, 0.15) is 17.3 Å². The number of hydrazine groups is 2. The lowest BCUT2D eigenvalue weighted by atomic mass is 9.73. The van der Waals surface area contributed by atoms with Gasteiger partial charge in [0.25, 0.3) is 6.43 Å². The van der Waals surface area contributed by atoms with Gasteiger partial charge in [-0.2, -0.15) is 13.9 Å². The average Bonchev–Trinajstić information content (AvgIpc) is 3.65. The normalized spacial score (nSPS) is 24.8. The molecule has 3 unspecified atom stereocenters. The summed E-state index contributed by atoms with van der Waals surface area (Å²) in [6.45, 7) is 2.57. The Balaban J connectivity index is 1.44. The second-order valence-electron chi connectivity index (χ2n) is 11.1. The van der Waals surface area contributed by atoms with E-state index >= 15 is 0 Å². The number of aromatic nitrogens is 2. The van der Waals surface area contributed by atoms with Gasteiger partial charge in [-0.15, -0.1) is 5.53 Å². The number of halogens is 5. The number of allylic oxidation sites excluding steroid dienone is 3. The number of benzene rings is 1. The quantitative estimate of drug-likeness (QED) is 0.334. The van der Waals surface area contributed by atoms with Crippen LogP contribution in [0, 0.1) is 0 Å². The maximum absolute atomic E-state index is 13.7. The van der Waals surface area contributed by atoms with Crippen molar-refractivity contribution in [3.8, 4) is 0 Å². The summed E-state index contributed by atoms with van der Waals surface area (Å²) in [4.78, 5) is 28.6. The predicted octanol–water partition coefficient (Wildman–Crippen LogP) is 4.97. The van der Waals surface area contributed by atoms with Crippen LogP contribution in [0.1, 0.15) is 40.2 Å². The molecule has 0 spiro atoms. The van der Waals surface area contributed by atoms with Gasteiger partial charge >= 0.3 is 6.55 Å². The van der Waals surface area contributed by atoms with Crippen LogP contribution in [0.4, 0.5) is 23.2 Å². The molecule has 10 nitrogen and oxygen atoms in total. The number of ether oxygens (including phenoxy) is 1. The molecule has 0 bridgehead atoms. The van der Waals surface area contributed by atoms with Crippen molar-refractivity contribution in [3.05, 3.63) is 70.7 Å². The van der Waals surface area contributed by atoms with Gasteiger partial charge in [0.2, 0.25) is 11.8 Å². The third-order valence-electron chi connectivity index (χ3n) is 8.30. The van der Waals surface area contributed by atoms with Crippen LogP contribution >= 0.6 is 11.6 Å². The Kier molecular flexibility index (Phi) is 8.53. The highest BCUT2D eigenvalue weighted by molar-refractivity contribution is 6.31. The van der Waals surface area contributed by atoms with Gasteiger partial charge in [0.15, 0.2) is 0 Å². The smallest absolute Gasteiger partial charge is 0.333 e. The van der Waals surface area contributed by atoms with Crippen molar-refractivity contribution in [3.63, 3.8) is 0 Å². The van der Waals surface area contributed by atoms with E-state index in [0.717, 1.165) is 0 Å². The van der Waals surface area contributed by atoms with Gasteiger partial charge in [-0.25, -0.2) is 13.5 Å². The van der Waals surface area contributed by atoms with E-state index in [-0.39, 0.29) is 18.7 Å². The molecule has 1 aliphatic carbocycles. The molecule has 44 heavy (non-hydrogen) atoms. The van der Waals surface area contributed by atoms with Crippen molar-refractivity contribution < 1.29 is 31.9 Å². The van der Waals surface area contributed by atoms with Gasteiger partial charge in [-0.3, -0.25) is 14.6 Å². The topological polar surface area (TPSA) is 104 Å². The summed E-state index contributed by atoms with van der Waals surface area (Å²) in [5.41, 5.74) is 4.66. The van der Waals surface area contributed by atoms with Gasteiger partial charge < -0.3 is 20.4 Å². The predicted molar refractivity (Wildman–Crippen MR) is 156 cm³/mol. The molecule has 1 aromatic carbocycles. The molecule has 0 saturated carbocycles. The van der Waals surface area contributed by atoms with E-state index in [0.29, 0.717) is 43.9 Å². The molecule has 1 aromatic heterocycles. The average molecular weight is 638 g/mol. The first-order valence-electron chi connectivity index (χ1n) is 13.8. The summed E-state index contributed by atoms with van der Waals surface area (Å²) >= 11 is 6.43. The Morgan fingerprint density at radius 1 is 1.20 bits per heavy atom. The maximum atomic E-state index is 13.7. The Morgan fingerprint density at radius 3 is 2.59 bits per heavy atom. The van der Waals surface area contributed by atoms with Gasteiger partial charge in [0.05, 0.1) is 17.6 Å². The zero-order valence-corrected chi connectivity index (χ0v) is 25.1. The fourth-order valence-electron chi connectivity index (χ4n) is 5.70. The lowest BCUT2D eigenvalue weighted by Gasteiger charge is -2.48. The van der Waals surface area contributed by atoms with Crippen LogP contribution in [0.2, 0.25) is 0 Å². The van der Waals surface area contributed by atoms with Crippen molar-refractivity contribution in [2.24, 2.45) is 0 Å². The van der Waals surface area contributed by atoms with Gasteiger partial charge in [-0.1, -0.05) is 24.6 Å². The molecule has 2 amide bonds. The van der Waals surface area contributed by atoms with E-state index in [4.69, 9.17) is 16.3 Å². The standard InChI is InChI=1S/C29H32ClF4N7O3/c1-5-23(26(43)35-18-6-7-21-16(10-18)13-40(37-21)27(33)34)39-15-29(3,44-4)20(12-24(39)42)19-11-17(30)8-9-28(19,2)41-14-22(25(31)32)36-38-41/h6-8,10-14,23,25,27,36,38H,5,9,15H2,1-4H3,(H,35,43). The number of hydrogen-bond acceptors (Lipinski definition) is 7. The largest absolute Gasteiger partial charge is 0.372 e. The molecule has 236 valence electrons. The number of nitrogens with zero attached hydrogens (tertiary/aromatic N) is 4. The molecule has 3 atom stereocenters. The Morgan fingerprint density at radius 2 is 1.95 bits per heavy atom. The second kappa shape index (κ2) is 11.9. The molecule has 15 heteroatoms. The first-order valence-corrected chi connectivity index (χ1v) is 14.2. The third kappa shape index (κ3) is 5.69. The number of carbonyl (C=O) groups is 2. The molecule has 5 rings (SSSR count). The molecule has 0 saturated heterocycles. The number of anilines is 1. The summed E-state index contributed by atoms with van der Waals surface area (Å²) in [7, 11) is 1.49. The first-order chi connectivity index (χ1) is 20.8. The number of methoxy groups -OCH3 is 1. The van der Waals surface area contributed by atoms with Crippen molar-refractivity contribution in [2.45, 2.75) is 63.8 Å². The minimum Gasteiger partial charge on any atom is -0.372 e. The number of amides is 2. The molecule has 2 aromatic rings. The number of carbonyl (C=O) groups excluding carboxylic acids is 2. The molecule has 0 fully saturated rings. The third-order valence-corrected chi connectivity index (χ3v) is 8.56. The summed E-state index contributed by atoms with van der Waals surface area (Å²) in [5.74, 6) is -0.920. The Hall–Kier alpha value is -3.88. The SMILES string of the molecule is CCC(C(=O)Nc1ccc2nn(C(F)F)cc2c1)N1CC(C)(OC)C(C2=CC(Cl)=CCC2(C)N2C=C(C(F)F)NN2)=CC1=O. The maximum Gasteiger partial charge on any atom is 0.333 e. The minimum atomic E-state index is -2.80. The van der Waals surface area contributed by atoms with Crippen molar-refractivity contribution >= 4 is 40.0 Å². The van der Waals surface area contributed by atoms with Gasteiger partial charge in [-0.05, 0) is 62.1 Å². The number of nitrogens with one attached hydrogen (secondary N) is 3. The summed E-state index contributed by atoms with van der Waals surface area (Å²) in [5, 5.41) is 8.94. The highest BCUT2D eigenvalue weighted by Crippen LogP contribution is 2.45. The zero-order chi connectivity index (χ0) is 32.0. The van der Waals surface area contributed by atoms with Crippen LogP contribution in [0.5, 0.6) is 0 Å². The van der Waals surface area contributed by atoms with E-state index in [1.807, 2.05) is 6.92 Å². The van der Waals surface area contributed by atoms with Crippen molar-refractivity contribution in [2.75, 3.05) is 19.0 Å². The van der Waals surface area contributed by atoms with E-state index in [1.165, 1.54) is 47.6 Å². The monoisotopic (exact) mass is 637 g/mol. The van der Waals surface area contributed by atoms with Crippen LogP contribution < -0.4 is 16.3 Å².